The third-order valence-electron chi connectivity index (χ3n) is 3.21. The van der Waals surface area contributed by atoms with Gasteiger partial charge in [-0.15, -0.1) is 0 Å². The molecule has 18 heavy (non-hydrogen) atoms. The first-order valence-electron chi connectivity index (χ1n) is 7.23. The number of rotatable bonds is 11. The highest BCUT2D eigenvalue weighted by Crippen LogP contribution is 2.24. The molecule has 0 spiro atoms. The van der Waals surface area contributed by atoms with E-state index in [1.165, 1.54) is 38.5 Å². The highest BCUT2D eigenvalue weighted by molar-refractivity contribution is 4.64. The highest BCUT2D eigenvalue weighted by atomic mass is 19.4. The fraction of sp³-hybridized carbons (Fsp3) is 1.00. The Morgan fingerprint density at radius 1 is 0.778 bits per heavy atom. The van der Waals surface area contributed by atoms with E-state index in [1.54, 1.807) is 0 Å². The predicted molar refractivity (Wildman–Crippen MR) is 68.5 cm³/mol. The zero-order chi connectivity index (χ0) is 13.9. The van der Waals surface area contributed by atoms with E-state index in [2.05, 4.69) is 6.92 Å². The highest BCUT2D eigenvalue weighted by Gasteiger charge is 2.37. The summed E-state index contributed by atoms with van der Waals surface area (Å²) in [6.45, 7) is 2.19. The lowest BCUT2D eigenvalue weighted by molar-refractivity contribution is -0.205. The van der Waals surface area contributed by atoms with Gasteiger partial charge in [-0.25, -0.2) is 0 Å². The van der Waals surface area contributed by atoms with Crippen molar-refractivity contribution in [3.8, 4) is 0 Å². The number of unbranched alkanes of at least 4 members (excludes halogenated alkanes) is 9. The summed E-state index contributed by atoms with van der Waals surface area (Å²) in [5.74, 6) is 0. The molecule has 0 saturated heterocycles. The van der Waals surface area contributed by atoms with Gasteiger partial charge in [-0.2, -0.15) is 13.2 Å². The van der Waals surface area contributed by atoms with Crippen molar-refractivity contribution < 1.29 is 18.3 Å². The molecule has 0 amide bonds. The molecule has 1 nitrogen and oxygen atoms in total. The molecule has 0 bridgehead atoms. The van der Waals surface area contributed by atoms with Gasteiger partial charge in [0.2, 0.25) is 0 Å². The summed E-state index contributed by atoms with van der Waals surface area (Å²) in [6.07, 6.45) is 4.18. The van der Waals surface area contributed by atoms with Crippen LogP contribution >= 0.6 is 0 Å². The number of halogens is 3. The Hall–Kier alpha value is -0.250. The largest absolute Gasteiger partial charge is 0.414 e. The lowest BCUT2D eigenvalue weighted by Crippen LogP contribution is -2.28. The van der Waals surface area contributed by atoms with Gasteiger partial charge in [0.25, 0.3) is 0 Å². The van der Waals surface area contributed by atoms with Gasteiger partial charge in [0.05, 0.1) is 0 Å². The zero-order valence-electron chi connectivity index (χ0n) is 11.4. The molecule has 0 aromatic rings. The molecule has 0 aliphatic carbocycles. The van der Waals surface area contributed by atoms with Gasteiger partial charge in [0.1, 0.15) is 6.10 Å². The Labute approximate surface area is 109 Å². The topological polar surface area (TPSA) is 20.2 Å². The molecule has 4 heteroatoms. The Bertz CT molecular complexity index is 180. The van der Waals surface area contributed by atoms with Crippen LogP contribution in [0.1, 0.15) is 77.6 Å². The van der Waals surface area contributed by atoms with Crippen LogP contribution in [0.3, 0.4) is 0 Å². The third-order valence-corrected chi connectivity index (χ3v) is 3.21. The van der Waals surface area contributed by atoms with E-state index < -0.39 is 12.3 Å². The van der Waals surface area contributed by atoms with Crippen LogP contribution in [0.2, 0.25) is 0 Å². The normalized spacial score (nSPS) is 13.8. The molecule has 0 heterocycles. The Kier molecular flexibility index (Phi) is 10.5. The monoisotopic (exact) mass is 268 g/mol. The second-order valence-corrected chi connectivity index (χ2v) is 5.03. The first-order valence-corrected chi connectivity index (χ1v) is 7.23. The summed E-state index contributed by atoms with van der Waals surface area (Å²) in [5.41, 5.74) is 0. The Morgan fingerprint density at radius 2 is 1.17 bits per heavy atom. The van der Waals surface area contributed by atoms with Crippen molar-refractivity contribution in [3.05, 3.63) is 0 Å². The quantitative estimate of drug-likeness (QED) is 0.509. The van der Waals surface area contributed by atoms with E-state index in [9.17, 15) is 13.2 Å². The van der Waals surface area contributed by atoms with Gasteiger partial charge in [0.15, 0.2) is 0 Å². The lowest BCUT2D eigenvalue weighted by Gasteiger charge is -2.13. The molecule has 0 rings (SSSR count). The fourth-order valence-electron chi connectivity index (χ4n) is 1.99. The fourth-order valence-corrected chi connectivity index (χ4v) is 1.99. The predicted octanol–water partition coefficient (Wildman–Crippen LogP) is 5.22. The van der Waals surface area contributed by atoms with Crippen molar-refractivity contribution in [3.63, 3.8) is 0 Å². The van der Waals surface area contributed by atoms with Crippen LogP contribution < -0.4 is 0 Å². The first-order chi connectivity index (χ1) is 8.48. The van der Waals surface area contributed by atoms with Crippen LogP contribution in [0.5, 0.6) is 0 Å². The van der Waals surface area contributed by atoms with Crippen LogP contribution in [-0.4, -0.2) is 17.4 Å². The standard InChI is InChI=1S/C14H27F3O/c1-2-3-4-5-6-7-8-9-10-11-12-13(18)14(15,16)17/h13,18H,2-12H2,1H3. The van der Waals surface area contributed by atoms with Crippen molar-refractivity contribution in [2.75, 3.05) is 0 Å². The molecule has 1 unspecified atom stereocenters. The van der Waals surface area contributed by atoms with E-state index in [0.29, 0.717) is 6.42 Å². The molecule has 0 aromatic carbocycles. The van der Waals surface area contributed by atoms with Gasteiger partial charge in [0, 0.05) is 0 Å². The Morgan fingerprint density at radius 3 is 1.56 bits per heavy atom. The zero-order valence-corrected chi connectivity index (χ0v) is 11.4. The van der Waals surface area contributed by atoms with Crippen molar-refractivity contribution in [1.29, 1.82) is 0 Å². The van der Waals surface area contributed by atoms with E-state index in [4.69, 9.17) is 5.11 Å². The van der Waals surface area contributed by atoms with Gasteiger partial charge in [-0.05, 0) is 6.42 Å². The van der Waals surface area contributed by atoms with Crippen molar-refractivity contribution in [2.45, 2.75) is 89.8 Å². The second-order valence-electron chi connectivity index (χ2n) is 5.03. The summed E-state index contributed by atoms with van der Waals surface area (Å²) in [4.78, 5) is 0. The third kappa shape index (κ3) is 10.9. The minimum atomic E-state index is -4.45. The van der Waals surface area contributed by atoms with E-state index in [1.807, 2.05) is 0 Å². The SMILES string of the molecule is CCCCCCCCCCCCC(O)C(F)(F)F. The van der Waals surface area contributed by atoms with Crippen LogP contribution in [0.25, 0.3) is 0 Å². The van der Waals surface area contributed by atoms with Crippen LogP contribution in [0.15, 0.2) is 0 Å². The van der Waals surface area contributed by atoms with Gasteiger partial charge in [-0.3, -0.25) is 0 Å². The summed E-state index contributed by atoms with van der Waals surface area (Å²) < 4.78 is 35.9. The average Bonchev–Trinajstić information content (AvgIpc) is 2.30. The minimum absolute atomic E-state index is 0.153. The number of alkyl halides is 3. The molecule has 0 radical (unpaired) electrons. The first kappa shape index (κ1) is 17.8. The molecule has 0 saturated carbocycles. The molecule has 0 aliphatic heterocycles. The Balaban J connectivity index is 3.17. The second kappa shape index (κ2) is 10.7. The van der Waals surface area contributed by atoms with E-state index in [-0.39, 0.29) is 6.42 Å². The number of hydrogen-bond acceptors (Lipinski definition) is 1. The molecular formula is C14H27F3O. The number of aliphatic hydroxyl groups excluding tert-OH is 1. The minimum Gasteiger partial charge on any atom is -0.384 e. The summed E-state index contributed by atoms with van der Waals surface area (Å²) in [6, 6.07) is 0. The van der Waals surface area contributed by atoms with Crippen molar-refractivity contribution >= 4 is 0 Å². The van der Waals surface area contributed by atoms with Crippen LogP contribution in [0, 0.1) is 0 Å². The van der Waals surface area contributed by atoms with Crippen LogP contribution in [-0.2, 0) is 0 Å². The molecule has 1 atom stereocenters. The molecule has 1 N–H and O–H groups in total. The van der Waals surface area contributed by atoms with E-state index >= 15 is 0 Å². The van der Waals surface area contributed by atoms with Gasteiger partial charge >= 0.3 is 6.18 Å². The van der Waals surface area contributed by atoms with Crippen molar-refractivity contribution in [2.24, 2.45) is 0 Å². The number of hydrogen-bond donors (Lipinski definition) is 1. The van der Waals surface area contributed by atoms with Gasteiger partial charge in [-0.1, -0.05) is 71.1 Å². The van der Waals surface area contributed by atoms with Crippen LogP contribution in [0.4, 0.5) is 13.2 Å². The molecular weight excluding hydrogens is 241 g/mol. The number of aliphatic hydroxyl groups is 1. The van der Waals surface area contributed by atoms with Crippen molar-refractivity contribution in [1.82, 2.24) is 0 Å². The maximum absolute atomic E-state index is 12.0. The molecule has 0 fully saturated rings. The van der Waals surface area contributed by atoms with Gasteiger partial charge < -0.3 is 5.11 Å². The average molecular weight is 268 g/mol. The van der Waals surface area contributed by atoms with E-state index in [0.717, 1.165) is 19.3 Å². The summed E-state index contributed by atoms with van der Waals surface area (Å²) in [5, 5.41) is 8.78. The maximum Gasteiger partial charge on any atom is 0.414 e. The maximum atomic E-state index is 12.0. The molecule has 110 valence electrons. The summed E-state index contributed by atoms with van der Waals surface area (Å²) in [7, 11) is 0. The molecule has 0 aliphatic rings. The lowest BCUT2D eigenvalue weighted by atomic mass is 10.0. The smallest absolute Gasteiger partial charge is 0.384 e. The summed E-state index contributed by atoms with van der Waals surface area (Å²) >= 11 is 0. The molecule has 0 aromatic heterocycles.